The minimum absolute atomic E-state index is 0.222. The van der Waals surface area contributed by atoms with Gasteiger partial charge in [0.05, 0.1) is 35.7 Å². The fourth-order valence-electron chi connectivity index (χ4n) is 5.38. The second-order valence-corrected chi connectivity index (χ2v) is 9.42. The first kappa shape index (κ1) is 21.9. The monoisotopic (exact) mass is 469 g/mol. The molecule has 2 fully saturated rings. The number of ether oxygens (including phenoxy) is 1. The van der Waals surface area contributed by atoms with Gasteiger partial charge in [0.2, 0.25) is 0 Å². The maximum Gasteiger partial charge on any atom is 0.124 e. The van der Waals surface area contributed by atoms with Crippen LogP contribution in [0.1, 0.15) is 12.0 Å². The number of pyridine rings is 2. The van der Waals surface area contributed by atoms with Gasteiger partial charge >= 0.3 is 0 Å². The Balaban J connectivity index is 1.54. The van der Waals surface area contributed by atoms with Gasteiger partial charge in [-0.3, -0.25) is 4.98 Å². The van der Waals surface area contributed by atoms with Crippen LogP contribution < -0.4 is 16.0 Å². The second kappa shape index (κ2) is 8.91. The number of morpholine rings is 1. The molecule has 0 unspecified atom stereocenters. The number of benzene rings is 2. The van der Waals surface area contributed by atoms with Crippen LogP contribution in [0.3, 0.4) is 0 Å². The van der Waals surface area contributed by atoms with E-state index >= 15 is 0 Å². The average molecular weight is 470 g/mol. The summed E-state index contributed by atoms with van der Waals surface area (Å²) in [6.07, 6.45) is 3.03. The Morgan fingerprint density at radius 2 is 2.03 bits per heavy atom. The quantitative estimate of drug-likeness (QED) is 0.458. The number of nitrogens with zero attached hydrogens (tertiary/aromatic N) is 3. The van der Waals surface area contributed by atoms with E-state index in [1.54, 1.807) is 18.2 Å². The smallest absolute Gasteiger partial charge is 0.124 e. The van der Waals surface area contributed by atoms with E-state index in [1.165, 1.54) is 0 Å². The number of rotatable bonds is 3. The van der Waals surface area contributed by atoms with Gasteiger partial charge < -0.3 is 20.7 Å². The molecular formula is C28H28FN5O. The predicted octanol–water partition coefficient (Wildman–Crippen LogP) is 4.56. The molecule has 2 aromatic heterocycles. The third kappa shape index (κ3) is 4.22. The van der Waals surface area contributed by atoms with Crippen molar-refractivity contribution in [3.63, 3.8) is 0 Å². The Labute approximate surface area is 204 Å². The topological polar surface area (TPSA) is 76.3 Å². The van der Waals surface area contributed by atoms with Gasteiger partial charge in [0.1, 0.15) is 11.6 Å². The lowest BCUT2D eigenvalue weighted by Gasteiger charge is -2.43. The number of halogens is 1. The van der Waals surface area contributed by atoms with Gasteiger partial charge in [0, 0.05) is 42.3 Å². The summed E-state index contributed by atoms with van der Waals surface area (Å²) in [5.41, 5.74) is 12.3. The highest BCUT2D eigenvalue weighted by Crippen LogP contribution is 2.40. The summed E-state index contributed by atoms with van der Waals surface area (Å²) in [6, 6.07) is 17.2. The average Bonchev–Trinajstić information content (AvgIpc) is 2.87. The minimum Gasteiger partial charge on any atom is -0.384 e. The Bertz CT molecular complexity index is 1390. The van der Waals surface area contributed by atoms with Gasteiger partial charge in [-0.1, -0.05) is 18.2 Å². The fraction of sp³-hybridized carbons (Fsp3) is 0.286. The minimum atomic E-state index is -0.246. The van der Waals surface area contributed by atoms with Crippen LogP contribution in [0.4, 0.5) is 15.9 Å². The zero-order valence-corrected chi connectivity index (χ0v) is 19.7. The third-order valence-corrected chi connectivity index (χ3v) is 6.97. The molecule has 2 saturated heterocycles. The predicted molar refractivity (Wildman–Crippen MR) is 138 cm³/mol. The molecule has 35 heavy (non-hydrogen) atoms. The van der Waals surface area contributed by atoms with Crippen LogP contribution in [0.15, 0.2) is 60.8 Å². The van der Waals surface area contributed by atoms with E-state index in [-0.39, 0.29) is 18.0 Å². The van der Waals surface area contributed by atoms with Crippen LogP contribution in [-0.2, 0) is 4.74 Å². The van der Waals surface area contributed by atoms with Gasteiger partial charge in [-0.2, -0.15) is 0 Å². The maximum atomic E-state index is 14.5. The molecule has 0 bridgehead atoms. The third-order valence-electron chi connectivity index (χ3n) is 6.97. The SMILES string of the molecule is Cc1cc(F)cc(-c2cnc3ccc(-c4cccc(N)n4)cc3c2N2CC[C@H]3OCCN[C@@H]3C2)c1. The van der Waals surface area contributed by atoms with Crippen LogP contribution in [0, 0.1) is 12.7 Å². The van der Waals surface area contributed by atoms with Crippen molar-refractivity contribution in [3.05, 3.63) is 72.2 Å². The molecule has 2 atom stereocenters. The van der Waals surface area contributed by atoms with E-state index in [9.17, 15) is 4.39 Å². The summed E-state index contributed by atoms with van der Waals surface area (Å²) in [4.78, 5) is 11.7. The fourth-order valence-corrected chi connectivity index (χ4v) is 5.38. The molecule has 2 aliphatic rings. The van der Waals surface area contributed by atoms with Crippen molar-refractivity contribution in [2.24, 2.45) is 0 Å². The van der Waals surface area contributed by atoms with Crippen molar-refractivity contribution in [3.8, 4) is 22.4 Å². The molecule has 7 heteroatoms. The number of aryl methyl sites for hydroxylation is 1. The van der Waals surface area contributed by atoms with Gasteiger partial charge in [-0.25, -0.2) is 9.37 Å². The molecule has 0 aliphatic carbocycles. The van der Waals surface area contributed by atoms with Crippen LogP contribution in [0.5, 0.6) is 0 Å². The largest absolute Gasteiger partial charge is 0.384 e. The lowest BCUT2D eigenvalue weighted by Crippen LogP contribution is -2.58. The molecule has 3 N–H and O–H groups in total. The van der Waals surface area contributed by atoms with Crippen molar-refractivity contribution in [2.75, 3.05) is 36.9 Å². The van der Waals surface area contributed by atoms with Crippen LogP contribution in [0.25, 0.3) is 33.3 Å². The Kier molecular flexibility index (Phi) is 5.59. The summed E-state index contributed by atoms with van der Waals surface area (Å²) in [6.45, 7) is 5.19. The highest BCUT2D eigenvalue weighted by molar-refractivity contribution is 6.01. The van der Waals surface area contributed by atoms with Gasteiger partial charge in [0.15, 0.2) is 0 Å². The number of nitrogens with one attached hydrogen (secondary N) is 1. The molecular weight excluding hydrogens is 441 g/mol. The first-order valence-corrected chi connectivity index (χ1v) is 12.1. The van der Waals surface area contributed by atoms with Crippen molar-refractivity contribution >= 4 is 22.4 Å². The summed E-state index contributed by atoms with van der Waals surface area (Å²) in [5, 5.41) is 4.64. The molecule has 4 aromatic rings. The Hall–Kier alpha value is -3.55. The van der Waals surface area contributed by atoms with E-state index in [2.05, 4.69) is 21.3 Å². The number of piperidine rings is 1. The summed E-state index contributed by atoms with van der Waals surface area (Å²) in [7, 11) is 0. The number of aromatic nitrogens is 2. The summed E-state index contributed by atoms with van der Waals surface area (Å²) in [5.74, 6) is 0.236. The van der Waals surface area contributed by atoms with Crippen molar-refractivity contribution < 1.29 is 9.13 Å². The number of nitrogens with two attached hydrogens (primary N) is 1. The molecule has 0 amide bonds. The summed E-state index contributed by atoms with van der Waals surface area (Å²) < 4.78 is 20.5. The molecule has 2 aromatic carbocycles. The number of hydrogen-bond acceptors (Lipinski definition) is 6. The summed E-state index contributed by atoms with van der Waals surface area (Å²) >= 11 is 0. The zero-order valence-electron chi connectivity index (χ0n) is 19.7. The molecule has 6 rings (SSSR count). The van der Waals surface area contributed by atoms with Gasteiger partial charge in [0.25, 0.3) is 0 Å². The van der Waals surface area contributed by atoms with E-state index < -0.39 is 0 Å². The molecule has 6 nitrogen and oxygen atoms in total. The van der Waals surface area contributed by atoms with Crippen LogP contribution in [0.2, 0.25) is 0 Å². The highest BCUT2D eigenvalue weighted by Gasteiger charge is 2.33. The number of hydrogen-bond donors (Lipinski definition) is 2. The maximum absolute atomic E-state index is 14.5. The molecule has 0 radical (unpaired) electrons. The molecule has 4 heterocycles. The number of anilines is 2. The molecule has 0 saturated carbocycles. The lowest BCUT2D eigenvalue weighted by atomic mass is 9.95. The van der Waals surface area contributed by atoms with Crippen LogP contribution in [-0.4, -0.2) is 48.4 Å². The molecule has 2 aliphatic heterocycles. The van der Waals surface area contributed by atoms with Crippen molar-refractivity contribution in [1.82, 2.24) is 15.3 Å². The Morgan fingerprint density at radius 3 is 2.89 bits per heavy atom. The molecule has 0 spiro atoms. The van der Waals surface area contributed by atoms with Crippen molar-refractivity contribution in [1.29, 1.82) is 0 Å². The first-order valence-electron chi connectivity index (χ1n) is 12.1. The van der Waals surface area contributed by atoms with Crippen LogP contribution >= 0.6 is 0 Å². The number of nitrogen functional groups attached to an aromatic ring is 1. The number of fused-ring (bicyclic) bond motifs is 2. The Morgan fingerprint density at radius 1 is 1.11 bits per heavy atom. The van der Waals surface area contributed by atoms with E-state index in [1.807, 2.05) is 43.5 Å². The first-order chi connectivity index (χ1) is 17.0. The highest BCUT2D eigenvalue weighted by atomic mass is 19.1. The molecule has 178 valence electrons. The van der Waals surface area contributed by atoms with E-state index in [0.29, 0.717) is 5.82 Å². The lowest BCUT2D eigenvalue weighted by molar-refractivity contribution is -0.0134. The van der Waals surface area contributed by atoms with Gasteiger partial charge in [-0.15, -0.1) is 0 Å². The second-order valence-electron chi connectivity index (χ2n) is 9.42. The van der Waals surface area contributed by atoms with E-state index in [4.69, 9.17) is 15.5 Å². The standard InChI is InChI=1S/C28H28FN5O/c1-17-11-19(13-20(29)12-17)22-15-32-24-6-5-18(23-3-2-4-27(30)33-23)14-21(24)28(22)34-9-7-26-25(16-34)31-8-10-35-26/h2-6,11-15,25-26,31H,7-10,16H2,1H3,(H2,30,33)/t25-,26-/m1/s1. The zero-order chi connectivity index (χ0) is 23.9. The van der Waals surface area contributed by atoms with E-state index in [0.717, 1.165) is 77.2 Å². The van der Waals surface area contributed by atoms with Gasteiger partial charge in [-0.05, 0) is 60.9 Å². The normalized spacial score (nSPS) is 20.1. The van der Waals surface area contributed by atoms with Crippen molar-refractivity contribution in [2.45, 2.75) is 25.5 Å².